The van der Waals surface area contributed by atoms with Gasteiger partial charge >= 0.3 is 5.97 Å². The number of hydrogen-bond donors (Lipinski definition) is 1. The van der Waals surface area contributed by atoms with Gasteiger partial charge in [0.25, 0.3) is 5.56 Å². The molecule has 1 aromatic heterocycles. The molecular formula is C25H22Cl2N2O6S. The predicted octanol–water partition coefficient (Wildman–Crippen LogP) is 3.83. The van der Waals surface area contributed by atoms with Gasteiger partial charge in [-0.25, -0.2) is 9.79 Å². The van der Waals surface area contributed by atoms with Crippen LogP contribution in [-0.2, 0) is 9.53 Å². The van der Waals surface area contributed by atoms with E-state index in [0.717, 1.165) is 11.3 Å². The first-order valence-corrected chi connectivity index (χ1v) is 12.4. The summed E-state index contributed by atoms with van der Waals surface area (Å²) in [6.07, 6.45) is 1.49. The summed E-state index contributed by atoms with van der Waals surface area (Å²) in [4.78, 5) is 31.6. The molecule has 1 aliphatic rings. The number of methoxy groups -OCH3 is 2. The van der Waals surface area contributed by atoms with E-state index in [1.54, 1.807) is 32.0 Å². The number of phenolic OH excluding ortho intramolecular Hbond substituents is 1. The summed E-state index contributed by atoms with van der Waals surface area (Å²) in [5.74, 6) is 0.160. The number of aromatic hydroxyl groups is 1. The van der Waals surface area contributed by atoms with Crippen molar-refractivity contribution in [2.24, 2.45) is 4.99 Å². The maximum absolute atomic E-state index is 13.7. The molecule has 0 unspecified atom stereocenters. The molecule has 0 radical (unpaired) electrons. The van der Waals surface area contributed by atoms with E-state index in [9.17, 15) is 14.7 Å². The molecule has 0 spiro atoms. The van der Waals surface area contributed by atoms with Crippen LogP contribution in [0.2, 0.25) is 10.0 Å². The highest BCUT2D eigenvalue weighted by Gasteiger charge is 2.34. The van der Waals surface area contributed by atoms with Crippen molar-refractivity contribution in [1.82, 2.24) is 4.57 Å². The molecule has 4 rings (SSSR count). The standard InChI is InChI=1S/C25H22Cl2N2O6S/c1-5-35-24(32)20-12(2)28-25-29(21(20)13-6-7-17(33-3)18(9-13)34-4)23(31)19(36-25)10-14-8-15(26)11-16(27)22(14)30/h6-11,21,30H,5H2,1-4H3/b19-10-/t21-/m1/s1. The Hall–Kier alpha value is -3.27. The largest absolute Gasteiger partial charge is 0.506 e. The molecule has 8 nitrogen and oxygen atoms in total. The molecule has 0 bridgehead atoms. The number of aromatic nitrogens is 1. The number of nitrogens with zero attached hydrogens (tertiary/aromatic N) is 2. The Labute approximate surface area is 220 Å². The zero-order valence-corrected chi connectivity index (χ0v) is 22.1. The van der Waals surface area contributed by atoms with Crippen LogP contribution in [0.1, 0.15) is 31.0 Å². The molecule has 2 aromatic carbocycles. The number of carbonyl (C=O) groups excluding carboxylic acids is 1. The van der Waals surface area contributed by atoms with E-state index in [1.807, 2.05) is 0 Å². The van der Waals surface area contributed by atoms with Crippen LogP contribution in [0.25, 0.3) is 6.08 Å². The second-order valence-electron chi connectivity index (χ2n) is 7.74. The van der Waals surface area contributed by atoms with Gasteiger partial charge in [0.05, 0.1) is 47.7 Å². The van der Waals surface area contributed by atoms with Crippen LogP contribution in [0.5, 0.6) is 17.2 Å². The number of phenols is 1. The number of allylic oxidation sites excluding steroid dienone is 1. The summed E-state index contributed by atoms with van der Waals surface area (Å²) in [6.45, 7) is 3.56. The highest BCUT2D eigenvalue weighted by atomic mass is 35.5. The number of thiazole rings is 1. The van der Waals surface area contributed by atoms with Gasteiger partial charge in [0.15, 0.2) is 16.3 Å². The molecule has 3 aromatic rings. The minimum atomic E-state index is -0.834. The van der Waals surface area contributed by atoms with Gasteiger partial charge in [-0.1, -0.05) is 40.6 Å². The van der Waals surface area contributed by atoms with E-state index in [2.05, 4.69) is 4.99 Å². The van der Waals surface area contributed by atoms with Crippen molar-refractivity contribution in [2.45, 2.75) is 19.9 Å². The van der Waals surface area contributed by atoms with Crippen molar-refractivity contribution in [2.75, 3.05) is 20.8 Å². The van der Waals surface area contributed by atoms with Crippen LogP contribution in [0.15, 0.2) is 51.4 Å². The minimum Gasteiger partial charge on any atom is -0.506 e. The summed E-state index contributed by atoms with van der Waals surface area (Å²) < 4.78 is 17.8. The quantitative estimate of drug-likeness (QED) is 0.470. The SMILES string of the molecule is CCOC(=O)C1=C(C)N=c2s/c(=C\c3cc(Cl)cc(Cl)c3O)c(=O)n2[C@@H]1c1ccc(OC)c(OC)c1. The highest BCUT2D eigenvalue weighted by molar-refractivity contribution is 7.07. The maximum Gasteiger partial charge on any atom is 0.338 e. The fraction of sp³-hybridized carbons (Fsp3) is 0.240. The fourth-order valence-electron chi connectivity index (χ4n) is 3.97. The third kappa shape index (κ3) is 4.61. The molecular weight excluding hydrogens is 527 g/mol. The molecule has 0 saturated heterocycles. The molecule has 11 heteroatoms. The van der Waals surface area contributed by atoms with Crippen molar-refractivity contribution in [1.29, 1.82) is 0 Å². The Morgan fingerprint density at radius 1 is 1.19 bits per heavy atom. The van der Waals surface area contributed by atoms with Crippen molar-refractivity contribution in [3.05, 3.63) is 82.5 Å². The summed E-state index contributed by atoms with van der Waals surface area (Å²) >= 11 is 13.3. The van der Waals surface area contributed by atoms with Gasteiger partial charge in [0.1, 0.15) is 5.75 Å². The third-order valence-electron chi connectivity index (χ3n) is 5.58. The average Bonchev–Trinajstić information content (AvgIpc) is 3.15. The van der Waals surface area contributed by atoms with Crippen molar-refractivity contribution in [3.63, 3.8) is 0 Å². The topological polar surface area (TPSA) is 99.4 Å². The van der Waals surface area contributed by atoms with Gasteiger partial charge in [0.2, 0.25) is 0 Å². The lowest BCUT2D eigenvalue weighted by atomic mass is 9.95. The molecule has 0 saturated carbocycles. The van der Waals surface area contributed by atoms with Gasteiger partial charge in [-0.3, -0.25) is 9.36 Å². The molecule has 0 amide bonds. The Bertz CT molecular complexity index is 1570. The Morgan fingerprint density at radius 3 is 2.58 bits per heavy atom. The van der Waals surface area contributed by atoms with Gasteiger partial charge in [-0.05, 0) is 49.8 Å². The van der Waals surface area contributed by atoms with Crippen LogP contribution in [0, 0.1) is 0 Å². The predicted molar refractivity (Wildman–Crippen MR) is 138 cm³/mol. The third-order valence-corrected chi connectivity index (χ3v) is 7.07. The zero-order chi connectivity index (χ0) is 26.1. The summed E-state index contributed by atoms with van der Waals surface area (Å²) in [5.41, 5.74) is 1.13. The molecule has 36 heavy (non-hydrogen) atoms. The Kier molecular flexibility index (Phi) is 7.44. The van der Waals surface area contributed by atoms with Crippen molar-refractivity contribution >= 4 is 46.6 Å². The van der Waals surface area contributed by atoms with Crippen LogP contribution in [-0.4, -0.2) is 36.5 Å². The maximum atomic E-state index is 13.7. The van der Waals surface area contributed by atoms with Gasteiger partial charge in [-0.2, -0.15) is 0 Å². The van der Waals surface area contributed by atoms with E-state index in [-0.39, 0.29) is 33.0 Å². The smallest absolute Gasteiger partial charge is 0.338 e. The Balaban J connectivity index is 2.00. The lowest BCUT2D eigenvalue weighted by molar-refractivity contribution is -0.139. The van der Waals surface area contributed by atoms with Crippen molar-refractivity contribution in [3.8, 4) is 17.2 Å². The van der Waals surface area contributed by atoms with Crippen molar-refractivity contribution < 1.29 is 24.1 Å². The second kappa shape index (κ2) is 10.4. The molecule has 1 atom stereocenters. The molecule has 1 N–H and O–H groups in total. The molecule has 2 heterocycles. The van der Waals surface area contributed by atoms with Crippen LogP contribution in [0.4, 0.5) is 0 Å². The molecule has 188 valence electrons. The van der Waals surface area contributed by atoms with Gasteiger partial charge in [0, 0.05) is 10.6 Å². The number of hydrogen-bond acceptors (Lipinski definition) is 8. The number of fused-ring (bicyclic) bond motifs is 1. The zero-order valence-electron chi connectivity index (χ0n) is 19.8. The normalized spacial score (nSPS) is 15.4. The summed E-state index contributed by atoms with van der Waals surface area (Å²) in [6, 6.07) is 7.24. The average molecular weight is 549 g/mol. The Morgan fingerprint density at radius 2 is 1.92 bits per heavy atom. The van der Waals surface area contributed by atoms with E-state index in [1.165, 1.54) is 37.0 Å². The fourth-order valence-corrected chi connectivity index (χ4v) is 5.51. The second-order valence-corrected chi connectivity index (χ2v) is 9.59. The number of carbonyl (C=O) groups is 1. The first kappa shape index (κ1) is 25.8. The monoisotopic (exact) mass is 548 g/mol. The van der Waals surface area contributed by atoms with E-state index < -0.39 is 17.6 Å². The lowest BCUT2D eigenvalue weighted by Gasteiger charge is -2.25. The van der Waals surface area contributed by atoms with Crippen LogP contribution < -0.4 is 24.4 Å². The molecule has 0 aliphatic carbocycles. The van der Waals surface area contributed by atoms with Crippen LogP contribution >= 0.6 is 34.5 Å². The van der Waals surface area contributed by atoms with Gasteiger partial charge in [-0.15, -0.1) is 0 Å². The van der Waals surface area contributed by atoms with Crippen LogP contribution in [0.3, 0.4) is 0 Å². The lowest BCUT2D eigenvalue weighted by Crippen LogP contribution is -2.40. The summed E-state index contributed by atoms with van der Waals surface area (Å²) in [5, 5.41) is 10.8. The number of rotatable bonds is 6. The van der Waals surface area contributed by atoms with Gasteiger partial charge < -0.3 is 19.3 Å². The van der Waals surface area contributed by atoms with E-state index >= 15 is 0 Å². The number of benzene rings is 2. The summed E-state index contributed by atoms with van der Waals surface area (Å²) in [7, 11) is 3.02. The van der Waals surface area contributed by atoms with E-state index in [4.69, 9.17) is 37.4 Å². The minimum absolute atomic E-state index is 0.0603. The first-order valence-electron chi connectivity index (χ1n) is 10.8. The highest BCUT2D eigenvalue weighted by Crippen LogP contribution is 2.36. The number of ether oxygens (including phenoxy) is 3. The first-order chi connectivity index (χ1) is 17.2. The van der Waals surface area contributed by atoms with E-state index in [0.29, 0.717) is 32.6 Å². The number of esters is 1. The molecule has 1 aliphatic heterocycles. The number of halogens is 2. The molecule has 0 fully saturated rings.